The number of benzene rings is 16. The first-order chi connectivity index (χ1) is 70.5. The largest absolute Gasteiger partial charge is 0.507 e. The van der Waals surface area contributed by atoms with Crippen LogP contribution in [-0.2, 0) is 6.42 Å². The molecule has 0 aliphatic carbocycles. The lowest BCUT2D eigenvalue weighted by molar-refractivity contribution is 0.101. The Morgan fingerprint density at radius 3 is 0.831 bits per heavy atom. The molecule has 0 bridgehead atoms. The first kappa shape index (κ1) is 116. The molecule has 0 saturated carbocycles. The molecule has 8 amide bonds. The van der Waals surface area contributed by atoms with E-state index in [4.69, 9.17) is 114 Å². The van der Waals surface area contributed by atoms with Crippen molar-refractivity contribution in [3.8, 4) is 57.8 Å². The van der Waals surface area contributed by atoms with Crippen molar-refractivity contribution in [3.05, 3.63) is 461 Å². The molecule has 26 nitrogen and oxygen atoms in total. The lowest BCUT2D eigenvalue weighted by Crippen LogP contribution is -2.12. The summed E-state index contributed by atoms with van der Waals surface area (Å²) in [6.45, 7) is 7.90. The number of amides is 8. The quantitative estimate of drug-likeness (QED) is 0.0379. The van der Waals surface area contributed by atoms with Crippen LogP contribution in [0.4, 0.5) is 49.9 Å². The van der Waals surface area contributed by atoms with Crippen LogP contribution in [0.15, 0.2) is 338 Å². The van der Waals surface area contributed by atoms with Crippen molar-refractivity contribution in [1.82, 2.24) is 0 Å². The third-order valence-electron chi connectivity index (χ3n) is 19.8. The fourth-order valence-electron chi connectivity index (χ4n) is 12.8. The van der Waals surface area contributed by atoms with Crippen LogP contribution in [0.25, 0.3) is 0 Å². The number of nitriles is 1. The highest BCUT2D eigenvalue weighted by molar-refractivity contribution is 9.10. The Morgan fingerprint density at radius 2 is 0.527 bits per heavy atom. The Bertz CT molecular complexity index is 7020. The van der Waals surface area contributed by atoms with Crippen LogP contribution < -0.4 is 47.3 Å². The first-order valence-corrected chi connectivity index (χ1v) is 47.7. The van der Waals surface area contributed by atoms with Crippen molar-refractivity contribution in [2.24, 2.45) is 0 Å². The number of nitrogens with one attached hydrogen (secondary N) is 8. The fourth-order valence-corrected chi connectivity index (χ4v) is 14.8. The van der Waals surface area contributed by atoms with E-state index >= 15 is 0 Å². The molecule has 16 N–H and O–H groups in total. The number of phenolic OH excluding ortho intramolecular Hbond substituents is 8. The molecule has 148 heavy (non-hydrogen) atoms. The van der Waals surface area contributed by atoms with E-state index in [0.29, 0.717) is 102 Å². The second kappa shape index (κ2) is 57.0. The summed E-state index contributed by atoms with van der Waals surface area (Å²) in [6.07, 6.45) is 0.895. The number of nitrogens with zero attached hydrogens (tertiary/aromatic N) is 1. The molecule has 0 spiro atoms. The lowest BCUT2D eigenvalue weighted by atomic mass is 10.1. The minimum atomic E-state index is -0.555. The summed E-state index contributed by atoms with van der Waals surface area (Å²) in [5.74, 6) is -4.28. The van der Waals surface area contributed by atoms with Gasteiger partial charge in [-0.05, 0) is 316 Å². The van der Waals surface area contributed by atoms with Gasteiger partial charge in [0.05, 0.1) is 63.3 Å². The van der Waals surface area contributed by atoms with Gasteiger partial charge >= 0.3 is 0 Å². The molecule has 0 aliphatic heterocycles. The minimum Gasteiger partial charge on any atom is -0.507 e. The Kier molecular flexibility index (Phi) is 44.5. The molecule has 16 aromatic carbocycles. The third-order valence-corrected chi connectivity index (χ3v) is 22.4. The lowest BCUT2D eigenvalue weighted by Gasteiger charge is -2.09. The highest BCUT2D eigenvalue weighted by Gasteiger charge is 2.21. The average Bonchev–Trinajstić information content (AvgIpc) is 0.824. The predicted molar refractivity (Wildman–Crippen MR) is 588 cm³/mol. The second-order valence-electron chi connectivity index (χ2n) is 31.2. The molecule has 0 unspecified atom stereocenters. The smallest absolute Gasteiger partial charge is 0.259 e. The predicted octanol–water partition coefficient (Wildman–Crippen LogP) is 29.3. The monoisotopic (exact) mass is 2230 g/mol. The minimum absolute atomic E-state index is 0.0340. The number of hydrogen-bond donors (Lipinski definition) is 16. The SMILES string of the molecule is CCc1cccc(NC(=O)c2cc(Cl)ccc2O)c1.COc1cccc(NC(=O)c2cc(Cl)ccc2O)c1.Cc1cc(C)cc(NC(=O)c2cc(Cl)ccc2O)c1.Cc1cccc(NC(=O)c2cc(Cl)ccc2O)c1.N#Cc1cccc(NC(=O)c2cc(Cl)ccc2O)c1.O=C(Nc1cccc(Br)c1)c1cc(Cl)ccc1O.O=C(Nc1cccc(Cl)c1)c1cc(Cl)ccc1O.O=C(Nc1cccc(F)c1)c1cc(Cl)ccc1O. The van der Waals surface area contributed by atoms with E-state index < -0.39 is 35.4 Å². The zero-order valence-electron chi connectivity index (χ0n) is 78.3. The number of ether oxygens (including phenoxy) is 1. The van der Waals surface area contributed by atoms with Gasteiger partial charge in [-0.3, -0.25) is 38.4 Å². The van der Waals surface area contributed by atoms with Crippen molar-refractivity contribution < 1.29 is 88.3 Å². The van der Waals surface area contributed by atoms with Gasteiger partial charge in [0.1, 0.15) is 57.6 Å². The molecule has 16 aromatic rings. The summed E-state index contributed by atoms with van der Waals surface area (Å²) in [7, 11) is 1.55. The van der Waals surface area contributed by atoms with Gasteiger partial charge in [0.25, 0.3) is 47.3 Å². The molecule has 0 atom stereocenters. The van der Waals surface area contributed by atoms with Crippen LogP contribution in [0.2, 0.25) is 45.2 Å². The Hall–Kier alpha value is -16.0. The van der Waals surface area contributed by atoms with Crippen LogP contribution in [0.3, 0.4) is 0 Å². The van der Waals surface area contributed by atoms with Gasteiger partial charge in [-0.2, -0.15) is 5.26 Å². The van der Waals surface area contributed by atoms with Crippen LogP contribution in [-0.4, -0.2) is 95.2 Å². The van der Waals surface area contributed by atoms with E-state index in [9.17, 15) is 83.6 Å². The first-order valence-electron chi connectivity index (χ1n) is 43.5. The third kappa shape index (κ3) is 37.6. The van der Waals surface area contributed by atoms with Gasteiger partial charge in [0, 0.05) is 101 Å². The zero-order chi connectivity index (χ0) is 108. The van der Waals surface area contributed by atoms with E-state index in [1.54, 1.807) is 116 Å². The van der Waals surface area contributed by atoms with Crippen molar-refractivity contribution in [2.45, 2.75) is 34.1 Å². The van der Waals surface area contributed by atoms with Crippen LogP contribution in [0.1, 0.15) is 118 Å². The maximum atomic E-state index is 12.9. The van der Waals surface area contributed by atoms with Crippen LogP contribution in [0, 0.1) is 37.9 Å². The number of anilines is 8. The normalized spacial score (nSPS) is 10.1. The van der Waals surface area contributed by atoms with Crippen LogP contribution in [0.5, 0.6) is 51.7 Å². The summed E-state index contributed by atoms with van der Waals surface area (Å²) < 4.78 is 18.9. The Labute approximate surface area is 902 Å². The van der Waals surface area contributed by atoms with E-state index in [1.807, 2.05) is 94.4 Å². The second-order valence-corrected chi connectivity index (χ2v) is 36.0. The Morgan fingerprint density at radius 1 is 0.277 bits per heavy atom. The van der Waals surface area contributed by atoms with Crippen molar-refractivity contribution in [2.75, 3.05) is 49.6 Å². The van der Waals surface area contributed by atoms with E-state index in [0.717, 1.165) is 33.1 Å². The maximum absolute atomic E-state index is 12.9. The molecule has 0 saturated heterocycles. The van der Waals surface area contributed by atoms with Gasteiger partial charge in [0.2, 0.25) is 0 Å². The number of halogens is 11. The number of aromatic hydroxyl groups is 8. The van der Waals surface area contributed by atoms with Gasteiger partial charge in [0.15, 0.2) is 0 Å². The number of carbonyl (C=O) groups excluding carboxylic acids is 8. The van der Waals surface area contributed by atoms with Gasteiger partial charge in [-0.15, -0.1) is 0 Å². The van der Waals surface area contributed by atoms with E-state index in [1.165, 1.54) is 164 Å². The summed E-state index contributed by atoms with van der Waals surface area (Å²) >= 11 is 55.4. The van der Waals surface area contributed by atoms with Crippen molar-refractivity contribution in [3.63, 3.8) is 0 Å². The maximum Gasteiger partial charge on any atom is 0.259 e. The molecule has 756 valence electrons. The van der Waals surface area contributed by atoms with E-state index in [-0.39, 0.29) is 108 Å². The van der Waals surface area contributed by atoms with Gasteiger partial charge < -0.3 is 88.1 Å². The summed E-state index contributed by atoms with van der Waals surface area (Å²) in [6, 6.07) is 89.9. The molecule has 0 heterocycles. The highest BCUT2D eigenvalue weighted by atomic mass is 79.9. The summed E-state index contributed by atoms with van der Waals surface area (Å²) in [5.41, 5.74) is 10.3. The van der Waals surface area contributed by atoms with Crippen molar-refractivity contribution in [1.29, 1.82) is 5.26 Å². The average molecular weight is 2240 g/mol. The van der Waals surface area contributed by atoms with E-state index in [2.05, 4.69) is 58.5 Å². The number of methoxy groups -OCH3 is 1. The number of hydrogen-bond acceptors (Lipinski definition) is 18. The number of phenols is 8. The molecule has 0 aliphatic rings. The number of aryl methyl sites for hydroxylation is 4. The molecule has 16 rings (SSSR count). The summed E-state index contributed by atoms with van der Waals surface area (Å²) in [5, 5.41) is 111. The Balaban J connectivity index is 0.000000188. The standard InChI is InChI=1S/2C15H14ClNO2.C14H9ClN2O2.C14H12ClNO3.C14H12ClNO2.C13H9BrClNO2.C13H9Cl2NO2.C13H9ClFNO2/c1-9-5-10(2)7-12(6-9)17-15(19)13-8-11(16)3-4-14(13)18;1-2-10-4-3-5-12(8-10)17-15(19)13-9-11(16)6-7-14(13)18;15-10-4-5-13(18)12(7-10)14(19)17-11-3-1-2-9(6-11)8-16;1-19-11-4-2-3-10(8-11)16-14(18)12-7-9(15)5-6-13(12)17;1-9-3-2-4-11(7-9)16-14(18)12-8-10(15)5-6-13(12)17;2*14-8-2-1-3-10(6-8)16-13(18)11-7-9(15)4-5-12(11)17;14-8-4-5-12(17)11(6-8)13(18)16-10-3-1-2-9(15)7-10/h3-8,18H,1-2H3,(H,17,19);3-9,18H,2H2,1H3,(H,17,19);1-7,18H,(H,17,19);2-8,17H,1H3,(H,16,18);2-8,17H,1H3,(H,16,18);3*1-7,17H,(H,16,18). The summed E-state index contributed by atoms with van der Waals surface area (Å²) in [4.78, 5) is 95.8. The molecule has 0 radical (unpaired) electrons. The molecular formula is C111H88BrCl9FN9O17. The number of rotatable bonds is 18. The van der Waals surface area contributed by atoms with Gasteiger partial charge in [-0.25, -0.2) is 4.39 Å². The molecule has 0 aromatic heterocycles. The van der Waals surface area contributed by atoms with Crippen molar-refractivity contribution >= 4 is 213 Å². The topological polar surface area (TPSA) is 428 Å². The van der Waals surface area contributed by atoms with Crippen LogP contribution >= 0.6 is 120 Å². The molecular weight excluding hydrogens is 2150 g/mol. The molecule has 0 fully saturated rings. The zero-order valence-corrected chi connectivity index (χ0v) is 86.7. The van der Waals surface area contributed by atoms with Gasteiger partial charge in [-0.1, -0.05) is 188 Å². The number of carbonyl (C=O) groups is 8. The fraction of sp³-hybridized carbons (Fsp3) is 0.0541. The molecule has 37 heteroatoms. The highest BCUT2D eigenvalue weighted by Crippen LogP contribution is 2.34.